The van der Waals surface area contributed by atoms with E-state index in [2.05, 4.69) is 38.3 Å². The van der Waals surface area contributed by atoms with Crippen LogP contribution in [0.4, 0.5) is 0 Å². The van der Waals surface area contributed by atoms with Crippen molar-refractivity contribution in [1.82, 2.24) is 10.6 Å². The van der Waals surface area contributed by atoms with E-state index in [-0.39, 0.29) is 17.9 Å². The molecule has 26 heavy (non-hydrogen) atoms. The van der Waals surface area contributed by atoms with Gasteiger partial charge >= 0.3 is 0 Å². The molecule has 4 nitrogen and oxygen atoms in total. The molecule has 1 aliphatic carbocycles. The van der Waals surface area contributed by atoms with E-state index in [9.17, 15) is 9.59 Å². The van der Waals surface area contributed by atoms with Gasteiger partial charge in [-0.15, -0.1) is 0 Å². The van der Waals surface area contributed by atoms with Gasteiger partial charge in [0.1, 0.15) is 6.04 Å². The molecular weight excluding hydrogens is 324 g/mol. The van der Waals surface area contributed by atoms with Gasteiger partial charge in [-0.25, -0.2) is 0 Å². The number of hydrogen-bond donors (Lipinski definition) is 2. The van der Waals surface area contributed by atoms with E-state index in [0.29, 0.717) is 29.7 Å². The third kappa shape index (κ3) is 5.33. The molecule has 4 atom stereocenters. The maximum Gasteiger partial charge on any atom is 0.252 e. The van der Waals surface area contributed by atoms with Gasteiger partial charge in [0.15, 0.2) is 0 Å². The van der Waals surface area contributed by atoms with Crippen molar-refractivity contribution in [3.63, 3.8) is 0 Å². The molecule has 4 heteroatoms. The number of benzene rings is 1. The lowest BCUT2D eigenvalue weighted by Crippen LogP contribution is -2.52. The van der Waals surface area contributed by atoms with Crippen molar-refractivity contribution in [3.8, 4) is 0 Å². The second-order valence-corrected chi connectivity index (χ2v) is 8.35. The van der Waals surface area contributed by atoms with E-state index in [1.807, 2.05) is 25.1 Å². The molecule has 2 amide bonds. The molecule has 0 heterocycles. The number of amides is 2. The van der Waals surface area contributed by atoms with E-state index in [0.717, 1.165) is 18.4 Å². The van der Waals surface area contributed by atoms with Gasteiger partial charge in [0.2, 0.25) is 5.91 Å². The summed E-state index contributed by atoms with van der Waals surface area (Å²) < 4.78 is 0. The third-order valence-corrected chi connectivity index (χ3v) is 5.75. The Kier molecular flexibility index (Phi) is 7.24. The van der Waals surface area contributed by atoms with Crippen LogP contribution in [0, 0.1) is 24.7 Å². The summed E-state index contributed by atoms with van der Waals surface area (Å²) in [5.74, 6) is 1.20. The van der Waals surface area contributed by atoms with Crippen molar-refractivity contribution >= 4 is 11.8 Å². The Hall–Kier alpha value is -1.84. The molecule has 0 aromatic heterocycles. The molecule has 0 spiro atoms. The first-order valence-electron chi connectivity index (χ1n) is 9.96. The van der Waals surface area contributed by atoms with Crippen molar-refractivity contribution in [3.05, 3.63) is 35.4 Å². The van der Waals surface area contributed by atoms with Crippen molar-refractivity contribution in [1.29, 1.82) is 0 Å². The largest absolute Gasteiger partial charge is 0.351 e. The summed E-state index contributed by atoms with van der Waals surface area (Å²) >= 11 is 0. The number of hydrogen-bond acceptors (Lipinski definition) is 2. The normalized spacial score (nSPS) is 24.2. The fraction of sp³-hybridized carbons (Fsp3) is 0.636. The Morgan fingerprint density at radius 1 is 1.15 bits per heavy atom. The molecule has 0 bridgehead atoms. The highest BCUT2D eigenvalue weighted by Crippen LogP contribution is 2.29. The van der Waals surface area contributed by atoms with Crippen LogP contribution in [-0.2, 0) is 4.79 Å². The SMILES string of the molecule is Cc1ccccc1C(=O)NC(CC(C)C)C(=O)NC1CCCC(C)C1C. The Morgan fingerprint density at radius 2 is 1.85 bits per heavy atom. The lowest BCUT2D eigenvalue weighted by molar-refractivity contribution is -0.124. The monoisotopic (exact) mass is 358 g/mol. The number of nitrogens with one attached hydrogen (secondary N) is 2. The fourth-order valence-corrected chi connectivity index (χ4v) is 3.84. The van der Waals surface area contributed by atoms with Crippen LogP contribution in [0.1, 0.15) is 69.3 Å². The quantitative estimate of drug-likeness (QED) is 0.805. The zero-order chi connectivity index (χ0) is 19.3. The van der Waals surface area contributed by atoms with Gasteiger partial charge in [-0.2, -0.15) is 0 Å². The predicted molar refractivity (Wildman–Crippen MR) is 106 cm³/mol. The molecule has 2 N–H and O–H groups in total. The van der Waals surface area contributed by atoms with Crippen LogP contribution in [-0.4, -0.2) is 23.9 Å². The first-order chi connectivity index (χ1) is 12.3. The highest BCUT2D eigenvalue weighted by molar-refractivity contribution is 5.98. The molecule has 144 valence electrons. The van der Waals surface area contributed by atoms with Gasteiger partial charge in [0.05, 0.1) is 0 Å². The van der Waals surface area contributed by atoms with Crippen molar-refractivity contribution in [2.24, 2.45) is 17.8 Å². The highest BCUT2D eigenvalue weighted by atomic mass is 16.2. The summed E-state index contributed by atoms with van der Waals surface area (Å²) in [6.07, 6.45) is 4.05. The number of carbonyl (C=O) groups is 2. The van der Waals surface area contributed by atoms with Crippen LogP contribution >= 0.6 is 0 Å². The van der Waals surface area contributed by atoms with Crippen molar-refractivity contribution < 1.29 is 9.59 Å². The molecule has 1 fully saturated rings. The Morgan fingerprint density at radius 3 is 2.50 bits per heavy atom. The Labute approximate surface area is 158 Å². The number of rotatable bonds is 6. The van der Waals surface area contributed by atoms with Crippen LogP contribution in [0.15, 0.2) is 24.3 Å². The smallest absolute Gasteiger partial charge is 0.252 e. The zero-order valence-electron chi connectivity index (χ0n) is 16.8. The Bertz CT molecular complexity index is 626. The molecule has 1 saturated carbocycles. The van der Waals surface area contributed by atoms with Gasteiger partial charge in [-0.1, -0.05) is 58.7 Å². The summed E-state index contributed by atoms with van der Waals surface area (Å²) in [7, 11) is 0. The molecule has 1 aromatic carbocycles. The third-order valence-electron chi connectivity index (χ3n) is 5.75. The summed E-state index contributed by atoms with van der Waals surface area (Å²) in [6.45, 7) is 10.5. The average Bonchev–Trinajstić information content (AvgIpc) is 2.58. The zero-order valence-corrected chi connectivity index (χ0v) is 16.8. The molecular formula is C22H34N2O2. The second kappa shape index (κ2) is 9.20. The topological polar surface area (TPSA) is 58.2 Å². The average molecular weight is 359 g/mol. The summed E-state index contributed by atoms with van der Waals surface area (Å²) in [5.41, 5.74) is 1.55. The first-order valence-corrected chi connectivity index (χ1v) is 9.96. The maximum absolute atomic E-state index is 12.9. The summed E-state index contributed by atoms with van der Waals surface area (Å²) in [4.78, 5) is 25.6. The highest BCUT2D eigenvalue weighted by Gasteiger charge is 2.31. The standard InChI is InChI=1S/C22H34N2O2/c1-14(2)13-20(24-21(25)18-11-7-6-9-16(18)4)22(26)23-19-12-8-10-15(3)17(19)5/h6-7,9,11,14-15,17,19-20H,8,10,12-13H2,1-5H3,(H,23,26)(H,24,25). The van der Waals surface area contributed by atoms with Gasteiger partial charge < -0.3 is 10.6 Å². The van der Waals surface area contributed by atoms with E-state index < -0.39 is 6.04 Å². The van der Waals surface area contributed by atoms with Crippen LogP contribution < -0.4 is 10.6 Å². The van der Waals surface area contributed by atoms with Crippen LogP contribution in [0.2, 0.25) is 0 Å². The van der Waals surface area contributed by atoms with Crippen LogP contribution in [0.3, 0.4) is 0 Å². The van der Waals surface area contributed by atoms with Gasteiger partial charge in [-0.3, -0.25) is 9.59 Å². The number of aryl methyl sites for hydroxylation is 1. The summed E-state index contributed by atoms with van der Waals surface area (Å²) in [5, 5.41) is 6.19. The minimum absolute atomic E-state index is 0.0495. The van der Waals surface area contributed by atoms with Crippen molar-refractivity contribution in [2.45, 2.75) is 72.4 Å². The summed E-state index contributed by atoms with van der Waals surface area (Å²) in [6, 6.07) is 7.20. The lowest BCUT2D eigenvalue weighted by atomic mass is 9.78. The molecule has 2 rings (SSSR count). The van der Waals surface area contributed by atoms with Gasteiger partial charge in [0.25, 0.3) is 5.91 Å². The minimum Gasteiger partial charge on any atom is -0.351 e. The molecule has 1 aromatic rings. The van der Waals surface area contributed by atoms with E-state index in [1.165, 1.54) is 6.42 Å². The van der Waals surface area contributed by atoms with Crippen LogP contribution in [0.25, 0.3) is 0 Å². The molecule has 4 unspecified atom stereocenters. The number of carbonyl (C=O) groups excluding carboxylic acids is 2. The predicted octanol–water partition coefficient (Wildman–Crippen LogP) is 4.08. The van der Waals surface area contributed by atoms with Gasteiger partial charge in [-0.05, 0) is 49.1 Å². The molecule has 0 saturated heterocycles. The van der Waals surface area contributed by atoms with E-state index in [1.54, 1.807) is 6.07 Å². The Balaban J connectivity index is 2.07. The lowest BCUT2D eigenvalue weighted by Gasteiger charge is -2.35. The second-order valence-electron chi connectivity index (χ2n) is 8.35. The van der Waals surface area contributed by atoms with Crippen molar-refractivity contribution in [2.75, 3.05) is 0 Å². The van der Waals surface area contributed by atoms with E-state index in [4.69, 9.17) is 0 Å². The minimum atomic E-state index is -0.494. The van der Waals surface area contributed by atoms with Gasteiger partial charge in [0, 0.05) is 11.6 Å². The first kappa shape index (κ1) is 20.5. The fourth-order valence-electron chi connectivity index (χ4n) is 3.84. The van der Waals surface area contributed by atoms with Crippen LogP contribution in [0.5, 0.6) is 0 Å². The van der Waals surface area contributed by atoms with E-state index >= 15 is 0 Å². The molecule has 0 aliphatic heterocycles. The maximum atomic E-state index is 12.9. The molecule has 0 radical (unpaired) electrons. The molecule has 1 aliphatic rings.